The molecule has 0 spiro atoms. The Morgan fingerprint density at radius 2 is 2.41 bits per heavy atom. The van der Waals surface area contributed by atoms with Crippen LogP contribution >= 0.6 is 11.6 Å². The molecule has 0 aliphatic heterocycles. The molecular weight excluding hydrogens is 238 g/mol. The molecule has 0 heterocycles. The van der Waals surface area contributed by atoms with Crippen LogP contribution in [-0.4, -0.2) is 19.6 Å². The number of halogens is 1. The van der Waals surface area contributed by atoms with Crippen LogP contribution in [0.1, 0.15) is 5.56 Å². The molecule has 1 aromatic rings. The van der Waals surface area contributed by atoms with Crippen LogP contribution in [0.2, 0.25) is 5.02 Å². The predicted octanol–water partition coefficient (Wildman–Crippen LogP) is 1.94. The van der Waals surface area contributed by atoms with Crippen molar-refractivity contribution >= 4 is 17.6 Å². The average Bonchev–Trinajstić information content (AvgIpc) is 2.34. The summed E-state index contributed by atoms with van der Waals surface area (Å²) in [5.41, 5.74) is 6.58. The summed E-state index contributed by atoms with van der Waals surface area (Å²) < 4.78 is 5.21. The molecule has 0 aromatic heterocycles. The van der Waals surface area contributed by atoms with E-state index in [2.05, 4.69) is 16.9 Å². The number of guanidine groups is 1. The number of ether oxygens (including phenoxy) is 1. The average molecular weight is 254 g/mol. The van der Waals surface area contributed by atoms with E-state index in [4.69, 9.17) is 22.1 Å². The highest BCUT2D eigenvalue weighted by atomic mass is 35.5. The van der Waals surface area contributed by atoms with Gasteiger partial charge in [-0.3, -0.25) is 0 Å². The quantitative estimate of drug-likeness (QED) is 0.479. The Hall–Kier alpha value is -1.68. The Morgan fingerprint density at radius 3 is 3.06 bits per heavy atom. The van der Waals surface area contributed by atoms with Crippen molar-refractivity contribution in [3.63, 3.8) is 0 Å². The molecule has 0 bridgehead atoms. The third kappa shape index (κ3) is 4.36. The lowest BCUT2D eigenvalue weighted by atomic mass is 10.2. The van der Waals surface area contributed by atoms with E-state index in [-0.39, 0.29) is 0 Å². The summed E-state index contributed by atoms with van der Waals surface area (Å²) in [4.78, 5) is 4.18. The molecule has 5 heteroatoms. The van der Waals surface area contributed by atoms with Crippen LogP contribution in [0.25, 0.3) is 0 Å². The minimum atomic E-state index is 0.377. The van der Waals surface area contributed by atoms with Gasteiger partial charge < -0.3 is 15.8 Å². The molecular formula is C12H16ClN3O. The number of aliphatic imine (C=N–C) groups is 1. The third-order valence-electron chi connectivity index (χ3n) is 2.10. The van der Waals surface area contributed by atoms with Crippen LogP contribution in [0.3, 0.4) is 0 Å². The van der Waals surface area contributed by atoms with E-state index < -0.39 is 0 Å². The van der Waals surface area contributed by atoms with Crippen molar-refractivity contribution in [1.29, 1.82) is 0 Å². The Bertz CT molecular complexity index is 418. The zero-order chi connectivity index (χ0) is 12.7. The van der Waals surface area contributed by atoms with Gasteiger partial charge in [-0.25, -0.2) is 4.99 Å². The fourth-order valence-corrected chi connectivity index (χ4v) is 1.41. The van der Waals surface area contributed by atoms with Crippen molar-refractivity contribution in [3.8, 4) is 5.75 Å². The van der Waals surface area contributed by atoms with E-state index in [1.807, 2.05) is 6.07 Å². The molecule has 0 saturated carbocycles. The number of nitrogens with two attached hydrogens (primary N) is 1. The monoisotopic (exact) mass is 253 g/mol. The van der Waals surface area contributed by atoms with Crippen molar-refractivity contribution in [1.82, 2.24) is 5.32 Å². The molecule has 0 saturated heterocycles. The molecule has 92 valence electrons. The van der Waals surface area contributed by atoms with E-state index in [1.54, 1.807) is 25.3 Å². The first kappa shape index (κ1) is 13.4. The lowest BCUT2D eigenvalue weighted by molar-refractivity contribution is 0.410. The topological polar surface area (TPSA) is 59.6 Å². The van der Waals surface area contributed by atoms with Crippen molar-refractivity contribution in [3.05, 3.63) is 41.4 Å². The largest absolute Gasteiger partial charge is 0.496 e. The maximum absolute atomic E-state index is 5.86. The summed E-state index contributed by atoms with van der Waals surface area (Å²) in [5, 5.41) is 3.53. The van der Waals surface area contributed by atoms with Gasteiger partial charge in [0.1, 0.15) is 5.75 Å². The normalized spacial score (nSPS) is 11.1. The zero-order valence-corrected chi connectivity index (χ0v) is 10.5. The summed E-state index contributed by atoms with van der Waals surface area (Å²) in [7, 11) is 1.60. The SMILES string of the molecule is C=CCNC(N)=NCc1ccc(Cl)cc1OC. The predicted molar refractivity (Wildman–Crippen MR) is 71.5 cm³/mol. The van der Waals surface area contributed by atoms with E-state index in [1.165, 1.54) is 0 Å². The number of nitrogens with zero attached hydrogens (tertiary/aromatic N) is 1. The fourth-order valence-electron chi connectivity index (χ4n) is 1.25. The highest BCUT2D eigenvalue weighted by Gasteiger charge is 2.03. The van der Waals surface area contributed by atoms with Gasteiger partial charge in [0.15, 0.2) is 5.96 Å². The van der Waals surface area contributed by atoms with E-state index in [9.17, 15) is 0 Å². The molecule has 17 heavy (non-hydrogen) atoms. The van der Waals surface area contributed by atoms with Gasteiger partial charge in [0.2, 0.25) is 0 Å². The summed E-state index contributed by atoms with van der Waals surface area (Å²) in [6, 6.07) is 5.41. The maximum atomic E-state index is 5.86. The van der Waals surface area contributed by atoms with Gasteiger partial charge in [0.25, 0.3) is 0 Å². The van der Waals surface area contributed by atoms with E-state index in [0.717, 1.165) is 5.56 Å². The molecule has 0 radical (unpaired) electrons. The van der Waals surface area contributed by atoms with Gasteiger partial charge in [-0.05, 0) is 12.1 Å². The second kappa shape index (κ2) is 6.81. The molecule has 3 N–H and O–H groups in total. The van der Waals surface area contributed by atoms with Crippen molar-refractivity contribution in [2.45, 2.75) is 6.54 Å². The highest BCUT2D eigenvalue weighted by Crippen LogP contribution is 2.23. The molecule has 0 fully saturated rings. The summed E-state index contributed by atoms with van der Waals surface area (Å²) in [5.74, 6) is 1.08. The van der Waals surface area contributed by atoms with Gasteiger partial charge in [-0.15, -0.1) is 6.58 Å². The zero-order valence-electron chi connectivity index (χ0n) is 9.74. The smallest absolute Gasteiger partial charge is 0.189 e. The third-order valence-corrected chi connectivity index (χ3v) is 2.33. The number of benzene rings is 1. The van der Waals surface area contributed by atoms with Crippen LogP contribution in [0.5, 0.6) is 5.75 Å². The van der Waals surface area contributed by atoms with Gasteiger partial charge in [0.05, 0.1) is 13.7 Å². The van der Waals surface area contributed by atoms with Crippen LogP contribution in [0.4, 0.5) is 0 Å². The Balaban J connectivity index is 2.71. The molecule has 0 aliphatic carbocycles. The van der Waals surface area contributed by atoms with Crippen LogP contribution in [0.15, 0.2) is 35.8 Å². The van der Waals surface area contributed by atoms with Gasteiger partial charge in [-0.2, -0.15) is 0 Å². The van der Waals surface area contributed by atoms with Crippen LogP contribution < -0.4 is 15.8 Å². The second-order valence-electron chi connectivity index (χ2n) is 3.33. The molecule has 0 amide bonds. The fraction of sp³-hybridized carbons (Fsp3) is 0.250. The van der Waals surface area contributed by atoms with Gasteiger partial charge >= 0.3 is 0 Å². The lowest BCUT2D eigenvalue weighted by Gasteiger charge is -2.07. The lowest BCUT2D eigenvalue weighted by Crippen LogP contribution is -2.31. The molecule has 4 nitrogen and oxygen atoms in total. The minimum absolute atomic E-state index is 0.377. The summed E-state index contributed by atoms with van der Waals surface area (Å²) in [6.07, 6.45) is 1.71. The van der Waals surface area contributed by atoms with E-state index >= 15 is 0 Å². The molecule has 1 aromatic carbocycles. The molecule has 0 atom stereocenters. The van der Waals surface area contributed by atoms with Gasteiger partial charge in [-0.1, -0.05) is 23.7 Å². The standard InChI is InChI=1S/C12H16ClN3O/c1-3-6-15-12(14)16-8-9-4-5-10(13)7-11(9)17-2/h3-5,7H,1,6,8H2,2H3,(H3,14,15,16). The van der Waals surface area contributed by atoms with Crippen molar-refractivity contribution < 1.29 is 4.74 Å². The number of rotatable bonds is 5. The second-order valence-corrected chi connectivity index (χ2v) is 3.76. The summed E-state index contributed by atoms with van der Waals surface area (Å²) >= 11 is 5.86. The van der Waals surface area contributed by atoms with Crippen molar-refractivity contribution in [2.24, 2.45) is 10.7 Å². The number of hydrogen-bond donors (Lipinski definition) is 2. The van der Waals surface area contributed by atoms with Crippen molar-refractivity contribution in [2.75, 3.05) is 13.7 Å². The first-order valence-corrected chi connectivity index (χ1v) is 5.52. The summed E-state index contributed by atoms with van der Waals surface area (Å²) in [6.45, 7) is 4.61. The number of nitrogens with one attached hydrogen (secondary N) is 1. The first-order chi connectivity index (χ1) is 8.17. The van der Waals surface area contributed by atoms with Crippen LogP contribution in [0, 0.1) is 0 Å². The number of hydrogen-bond acceptors (Lipinski definition) is 2. The maximum Gasteiger partial charge on any atom is 0.189 e. The Morgan fingerprint density at radius 1 is 1.65 bits per heavy atom. The van der Waals surface area contributed by atoms with Gasteiger partial charge in [0, 0.05) is 17.1 Å². The minimum Gasteiger partial charge on any atom is -0.496 e. The molecule has 0 aliphatic rings. The van der Waals surface area contributed by atoms with E-state index in [0.29, 0.717) is 29.8 Å². The van der Waals surface area contributed by atoms with Crippen LogP contribution in [-0.2, 0) is 6.54 Å². The number of methoxy groups -OCH3 is 1. The highest BCUT2D eigenvalue weighted by molar-refractivity contribution is 6.30. The molecule has 1 rings (SSSR count). The first-order valence-electron chi connectivity index (χ1n) is 5.14. The molecule has 0 unspecified atom stereocenters. The Kier molecular flexibility index (Phi) is 5.36. The Labute approximate surface area is 106 Å².